The molecule has 0 heterocycles. The highest BCUT2D eigenvalue weighted by molar-refractivity contribution is 6.03. The topological polar surface area (TPSA) is 134 Å². The third kappa shape index (κ3) is 6.91. The summed E-state index contributed by atoms with van der Waals surface area (Å²) in [5, 5.41) is 17.4. The number of esters is 1. The van der Waals surface area contributed by atoms with Crippen molar-refractivity contribution in [2.45, 2.75) is 26.5 Å². The molecule has 0 aliphatic carbocycles. The molecule has 3 aromatic rings. The first-order valence-corrected chi connectivity index (χ1v) is 10.8. The molecular weight excluding hydrogens is 450 g/mol. The van der Waals surface area contributed by atoms with Crippen LogP contribution in [0.25, 0.3) is 0 Å². The second-order valence-corrected chi connectivity index (χ2v) is 7.71. The molecule has 0 spiro atoms. The van der Waals surface area contributed by atoms with Crippen molar-refractivity contribution in [1.82, 2.24) is 0 Å². The van der Waals surface area contributed by atoms with Crippen LogP contribution in [0.4, 0.5) is 17.1 Å². The predicted molar refractivity (Wildman–Crippen MR) is 131 cm³/mol. The summed E-state index contributed by atoms with van der Waals surface area (Å²) in [7, 11) is 0. The summed E-state index contributed by atoms with van der Waals surface area (Å²) in [5.41, 5.74) is 1.82. The number of ether oxygens (including phenoxy) is 1. The minimum Gasteiger partial charge on any atom is -0.478 e. The zero-order valence-electron chi connectivity index (χ0n) is 19.2. The Bertz CT molecular complexity index is 1240. The molecule has 2 amide bonds. The zero-order valence-corrected chi connectivity index (χ0v) is 19.2. The Kier molecular flexibility index (Phi) is 8.18. The van der Waals surface area contributed by atoms with E-state index in [1.165, 1.54) is 25.1 Å². The summed E-state index contributed by atoms with van der Waals surface area (Å²) in [5.74, 6) is -2.62. The Hall–Kier alpha value is -4.66. The van der Waals surface area contributed by atoms with Crippen LogP contribution in [0.15, 0.2) is 72.8 Å². The number of hydrogen-bond donors (Lipinski definition) is 4. The van der Waals surface area contributed by atoms with Gasteiger partial charge in [0.25, 0.3) is 0 Å². The largest absolute Gasteiger partial charge is 0.478 e. The second kappa shape index (κ2) is 11.5. The molecule has 0 bridgehead atoms. The minimum atomic E-state index is -1.21. The number of nitrogens with one attached hydrogen (secondary N) is 3. The van der Waals surface area contributed by atoms with Gasteiger partial charge in [0.2, 0.25) is 11.8 Å². The molecule has 35 heavy (non-hydrogen) atoms. The van der Waals surface area contributed by atoms with Gasteiger partial charge in [-0.1, -0.05) is 42.5 Å². The molecule has 0 radical (unpaired) electrons. The van der Waals surface area contributed by atoms with Crippen molar-refractivity contribution >= 4 is 40.8 Å². The van der Waals surface area contributed by atoms with Crippen molar-refractivity contribution in [3.05, 3.63) is 89.5 Å². The van der Waals surface area contributed by atoms with Crippen LogP contribution in [0.3, 0.4) is 0 Å². The van der Waals surface area contributed by atoms with Gasteiger partial charge in [-0.15, -0.1) is 0 Å². The second-order valence-electron chi connectivity index (χ2n) is 7.71. The van der Waals surface area contributed by atoms with Crippen molar-refractivity contribution in [1.29, 1.82) is 0 Å². The predicted octanol–water partition coefficient (Wildman–Crippen LogP) is 4.14. The molecule has 0 aromatic heterocycles. The lowest BCUT2D eigenvalue weighted by Crippen LogP contribution is -2.32. The number of para-hydroxylation sites is 1. The van der Waals surface area contributed by atoms with Gasteiger partial charge < -0.3 is 25.8 Å². The summed E-state index contributed by atoms with van der Waals surface area (Å²) in [6.07, 6.45) is 0. The quantitative estimate of drug-likeness (QED) is 0.342. The van der Waals surface area contributed by atoms with Crippen LogP contribution < -0.4 is 16.0 Å². The van der Waals surface area contributed by atoms with Crippen molar-refractivity contribution in [3.8, 4) is 0 Å². The molecule has 3 rings (SSSR count). The van der Waals surface area contributed by atoms with Gasteiger partial charge in [-0.2, -0.15) is 0 Å². The Morgan fingerprint density at radius 3 is 2.23 bits per heavy atom. The van der Waals surface area contributed by atoms with Crippen molar-refractivity contribution in [3.63, 3.8) is 0 Å². The van der Waals surface area contributed by atoms with E-state index < -0.39 is 29.8 Å². The maximum atomic E-state index is 12.8. The summed E-state index contributed by atoms with van der Waals surface area (Å²) in [4.78, 5) is 48.2. The molecule has 180 valence electrons. The standard InChI is InChI=1S/C26H25N3O6/c1-16(24(31)29-19-12-13-20(25(32)33)23(14-19)28-17(2)30)27-22-11-7-6-10-21(22)26(34)35-15-18-8-4-3-5-9-18/h3-14,16,27H,15H2,1-2H3,(H,28,30)(H,29,31)(H,32,33). The van der Waals surface area contributed by atoms with Crippen molar-refractivity contribution in [2.75, 3.05) is 16.0 Å². The molecule has 0 aliphatic heterocycles. The maximum absolute atomic E-state index is 12.8. The Labute approximate surface area is 202 Å². The van der Waals surface area contributed by atoms with E-state index in [2.05, 4.69) is 16.0 Å². The third-order valence-corrected chi connectivity index (χ3v) is 4.95. The SMILES string of the molecule is CC(=O)Nc1cc(NC(=O)C(C)Nc2ccccc2C(=O)OCc2ccccc2)ccc1C(=O)O. The van der Waals surface area contributed by atoms with E-state index >= 15 is 0 Å². The lowest BCUT2D eigenvalue weighted by atomic mass is 10.1. The molecule has 3 aromatic carbocycles. The van der Waals surface area contributed by atoms with Gasteiger partial charge in [-0.25, -0.2) is 9.59 Å². The van der Waals surface area contributed by atoms with Crippen LogP contribution in [0.5, 0.6) is 0 Å². The number of carboxylic acids is 1. The molecule has 0 fully saturated rings. The molecule has 1 atom stereocenters. The molecule has 0 saturated carbocycles. The van der Waals surface area contributed by atoms with Crippen LogP contribution in [0.1, 0.15) is 40.1 Å². The number of rotatable bonds is 9. The first-order chi connectivity index (χ1) is 16.7. The summed E-state index contributed by atoms with van der Waals surface area (Å²) >= 11 is 0. The van der Waals surface area contributed by atoms with E-state index in [0.29, 0.717) is 11.4 Å². The molecule has 0 saturated heterocycles. The van der Waals surface area contributed by atoms with E-state index in [1.54, 1.807) is 31.2 Å². The minimum absolute atomic E-state index is 0.0647. The maximum Gasteiger partial charge on any atom is 0.340 e. The first kappa shape index (κ1) is 25.0. The molecule has 1 unspecified atom stereocenters. The van der Waals surface area contributed by atoms with Crippen LogP contribution in [0, 0.1) is 0 Å². The fourth-order valence-electron chi connectivity index (χ4n) is 3.24. The van der Waals surface area contributed by atoms with Crippen molar-refractivity contribution in [2.24, 2.45) is 0 Å². The smallest absolute Gasteiger partial charge is 0.340 e. The Balaban J connectivity index is 1.68. The summed E-state index contributed by atoms with van der Waals surface area (Å²) < 4.78 is 5.41. The number of carbonyl (C=O) groups is 4. The number of hydrogen-bond acceptors (Lipinski definition) is 6. The van der Waals surface area contributed by atoms with Crippen molar-refractivity contribution < 1.29 is 29.0 Å². The fraction of sp³-hybridized carbons (Fsp3) is 0.154. The van der Waals surface area contributed by atoms with E-state index in [9.17, 15) is 24.3 Å². The van der Waals surface area contributed by atoms with Gasteiger partial charge in [-0.3, -0.25) is 9.59 Å². The Morgan fingerprint density at radius 2 is 1.54 bits per heavy atom. The monoisotopic (exact) mass is 475 g/mol. The molecule has 0 aliphatic rings. The number of carboxylic acid groups (broad SMARTS) is 1. The van der Waals surface area contributed by atoms with Crippen LogP contribution in [-0.2, 0) is 20.9 Å². The van der Waals surface area contributed by atoms with E-state index in [-0.39, 0.29) is 23.4 Å². The van der Waals surface area contributed by atoms with Gasteiger partial charge in [0, 0.05) is 18.3 Å². The van der Waals surface area contributed by atoms with Gasteiger partial charge >= 0.3 is 11.9 Å². The van der Waals surface area contributed by atoms with Gasteiger partial charge in [-0.05, 0) is 42.8 Å². The number of benzene rings is 3. The van der Waals surface area contributed by atoms with Crippen LogP contribution >= 0.6 is 0 Å². The molecule has 9 heteroatoms. The highest BCUT2D eigenvalue weighted by Crippen LogP contribution is 2.22. The number of carbonyl (C=O) groups excluding carboxylic acids is 3. The normalized spacial score (nSPS) is 11.1. The van der Waals surface area contributed by atoms with Gasteiger partial charge in [0.05, 0.1) is 16.8 Å². The average molecular weight is 476 g/mol. The number of aromatic carboxylic acids is 1. The van der Waals surface area contributed by atoms with E-state index in [1.807, 2.05) is 30.3 Å². The number of anilines is 3. The Morgan fingerprint density at radius 1 is 0.857 bits per heavy atom. The van der Waals surface area contributed by atoms with Gasteiger partial charge in [0.15, 0.2) is 0 Å². The lowest BCUT2D eigenvalue weighted by Gasteiger charge is -2.18. The fourth-order valence-corrected chi connectivity index (χ4v) is 3.24. The van der Waals surface area contributed by atoms with Crippen LogP contribution in [0.2, 0.25) is 0 Å². The third-order valence-electron chi connectivity index (χ3n) is 4.95. The summed E-state index contributed by atoms with van der Waals surface area (Å²) in [6, 6.07) is 19.3. The van der Waals surface area contributed by atoms with E-state index in [0.717, 1.165) is 5.56 Å². The number of amides is 2. The average Bonchev–Trinajstić information content (AvgIpc) is 2.83. The zero-order chi connectivity index (χ0) is 25.4. The molecule has 4 N–H and O–H groups in total. The molecule has 9 nitrogen and oxygen atoms in total. The van der Waals surface area contributed by atoms with Crippen LogP contribution in [-0.4, -0.2) is 34.9 Å². The first-order valence-electron chi connectivity index (χ1n) is 10.8. The van der Waals surface area contributed by atoms with Gasteiger partial charge in [0.1, 0.15) is 12.6 Å². The summed E-state index contributed by atoms with van der Waals surface area (Å²) in [6.45, 7) is 2.99. The molecular formula is C26H25N3O6. The highest BCUT2D eigenvalue weighted by atomic mass is 16.5. The highest BCUT2D eigenvalue weighted by Gasteiger charge is 2.19. The lowest BCUT2D eigenvalue weighted by molar-refractivity contribution is -0.116. The van der Waals surface area contributed by atoms with E-state index in [4.69, 9.17) is 4.74 Å².